The van der Waals surface area contributed by atoms with Crippen molar-refractivity contribution in [3.63, 3.8) is 0 Å². The van der Waals surface area contributed by atoms with Crippen LogP contribution in [0, 0.1) is 28.9 Å². The molecule has 1 saturated carbocycles. The fourth-order valence-corrected chi connectivity index (χ4v) is 3.84. The number of carbonyl (C=O) groups excluding carboxylic acids is 3. The van der Waals surface area contributed by atoms with E-state index < -0.39 is 36.0 Å². The van der Waals surface area contributed by atoms with Gasteiger partial charge in [-0.05, 0) is 43.9 Å². The fraction of sp³-hybridized carbons (Fsp3) is 0.400. The minimum absolute atomic E-state index is 0.0310. The molecule has 30 heavy (non-hydrogen) atoms. The molecule has 4 rings (SSSR count). The van der Waals surface area contributed by atoms with Crippen LogP contribution in [0.4, 0.5) is 8.78 Å². The molecule has 4 N–H and O–H groups in total. The summed E-state index contributed by atoms with van der Waals surface area (Å²) in [5, 5.41) is 17.4. The van der Waals surface area contributed by atoms with E-state index in [1.54, 1.807) is 0 Å². The molecule has 2 aromatic rings. The third-order valence-electron chi connectivity index (χ3n) is 5.60. The minimum atomic E-state index is -1.09. The smallest absolute Gasteiger partial charge is 0.268 e. The van der Waals surface area contributed by atoms with Crippen molar-refractivity contribution in [3.05, 3.63) is 35.5 Å². The first-order valence-corrected chi connectivity index (χ1v) is 9.56. The number of carbonyl (C=O) groups is 3. The molecule has 3 amide bonds. The summed E-state index contributed by atoms with van der Waals surface area (Å²) in [6, 6.07) is 4.74. The molecule has 0 radical (unpaired) electrons. The molecule has 10 heteroatoms. The highest BCUT2D eigenvalue weighted by Crippen LogP contribution is 2.46. The van der Waals surface area contributed by atoms with Gasteiger partial charge in [-0.15, -0.1) is 0 Å². The number of H-pyrrole nitrogens is 1. The zero-order chi connectivity index (χ0) is 21.5. The van der Waals surface area contributed by atoms with Gasteiger partial charge in [0.05, 0.1) is 18.1 Å². The first kappa shape index (κ1) is 19.8. The van der Waals surface area contributed by atoms with Crippen LogP contribution in [0.2, 0.25) is 0 Å². The molecular weight excluding hydrogens is 396 g/mol. The number of nitrogens with zero attached hydrogens (tertiary/aromatic N) is 1. The van der Waals surface area contributed by atoms with Crippen molar-refractivity contribution in [1.29, 1.82) is 5.26 Å². The number of hydrogen-bond donors (Lipinski definition) is 4. The number of fused-ring (bicyclic) bond motifs is 1. The Morgan fingerprint density at radius 2 is 2.10 bits per heavy atom. The van der Waals surface area contributed by atoms with Crippen LogP contribution in [0.5, 0.6) is 0 Å². The van der Waals surface area contributed by atoms with E-state index in [2.05, 4.69) is 20.9 Å². The van der Waals surface area contributed by atoms with Crippen LogP contribution < -0.4 is 16.0 Å². The van der Waals surface area contributed by atoms with E-state index in [0.717, 1.165) is 18.9 Å². The molecule has 2 heterocycles. The third-order valence-corrected chi connectivity index (χ3v) is 5.60. The molecule has 1 aromatic carbocycles. The maximum atomic E-state index is 13.8. The Hall–Kier alpha value is -3.48. The number of amides is 3. The Morgan fingerprint density at radius 1 is 1.33 bits per heavy atom. The monoisotopic (exact) mass is 415 g/mol. The van der Waals surface area contributed by atoms with Crippen LogP contribution in [0.15, 0.2) is 18.2 Å². The first-order valence-electron chi connectivity index (χ1n) is 9.56. The van der Waals surface area contributed by atoms with E-state index in [0.29, 0.717) is 11.8 Å². The largest absolute Gasteiger partial charge is 0.350 e. The van der Waals surface area contributed by atoms with E-state index in [9.17, 15) is 28.4 Å². The molecule has 156 valence electrons. The first-order chi connectivity index (χ1) is 14.3. The highest BCUT2D eigenvalue weighted by molar-refractivity contribution is 5.99. The molecule has 1 aromatic heterocycles. The summed E-state index contributed by atoms with van der Waals surface area (Å²) in [5.74, 6) is -3.83. The number of aromatic nitrogens is 1. The molecule has 8 nitrogen and oxygen atoms in total. The van der Waals surface area contributed by atoms with Crippen molar-refractivity contribution in [2.24, 2.45) is 5.92 Å². The van der Waals surface area contributed by atoms with E-state index in [-0.39, 0.29) is 35.0 Å². The molecule has 1 spiro atoms. The van der Waals surface area contributed by atoms with Crippen molar-refractivity contribution in [1.82, 2.24) is 20.9 Å². The fourth-order valence-electron chi connectivity index (χ4n) is 3.84. The minimum Gasteiger partial charge on any atom is -0.350 e. The van der Waals surface area contributed by atoms with Crippen LogP contribution >= 0.6 is 0 Å². The van der Waals surface area contributed by atoms with Crippen molar-refractivity contribution in [2.75, 3.05) is 6.54 Å². The molecule has 0 bridgehead atoms. The number of nitrogens with one attached hydrogen (secondary N) is 4. The molecular formula is C20H19F2N5O3. The van der Waals surface area contributed by atoms with Crippen LogP contribution in [0.25, 0.3) is 10.9 Å². The van der Waals surface area contributed by atoms with Gasteiger partial charge in [-0.1, -0.05) is 0 Å². The summed E-state index contributed by atoms with van der Waals surface area (Å²) in [4.78, 5) is 38.8. The number of aromatic amines is 1. The lowest BCUT2D eigenvalue weighted by molar-refractivity contribution is -0.124. The van der Waals surface area contributed by atoms with Gasteiger partial charge in [0.25, 0.3) is 5.91 Å². The van der Waals surface area contributed by atoms with Crippen molar-refractivity contribution < 1.29 is 23.2 Å². The molecule has 0 unspecified atom stereocenters. The van der Waals surface area contributed by atoms with E-state index in [1.807, 2.05) is 6.07 Å². The van der Waals surface area contributed by atoms with E-state index in [4.69, 9.17) is 0 Å². The summed E-state index contributed by atoms with van der Waals surface area (Å²) >= 11 is 0. The van der Waals surface area contributed by atoms with Crippen LogP contribution in [0.1, 0.15) is 36.2 Å². The maximum absolute atomic E-state index is 13.8. The number of halogens is 2. The lowest BCUT2D eigenvalue weighted by Gasteiger charge is -2.14. The molecule has 1 saturated heterocycles. The second-order valence-electron chi connectivity index (χ2n) is 7.85. The summed E-state index contributed by atoms with van der Waals surface area (Å²) in [6.07, 6.45) is 2.75. The summed E-state index contributed by atoms with van der Waals surface area (Å²) in [6.45, 7) is -0.413. The second-order valence-corrected chi connectivity index (χ2v) is 7.85. The highest BCUT2D eigenvalue weighted by Gasteiger charge is 2.52. The number of benzene rings is 1. The summed E-state index contributed by atoms with van der Waals surface area (Å²) in [7, 11) is 0. The van der Waals surface area contributed by atoms with E-state index in [1.165, 1.54) is 12.1 Å². The van der Waals surface area contributed by atoms with Gasteiger partial charge in [0, 0.05) is 16.8 Å². The predicted octanol–water partition coefficient (Wildman–Crippen LogP) is 1.24. The normalized spacial score (nSPS) is 19.9. The average Bonchev–Trinajstić information content (AvgIpc) is 3.19. The Balaban J connectivity index is 1.30. The zero-order valence-corrected chi connectivity index (χ0v) is 15.9. The molecule has 2 atom stereocenters. The van der Waals surface area contributed by atoms with Gasteiger partial charge >= 0.3 is 0 Å². The highest BCUT2D eigenvalue weighted by atomic mass is 19.2. The van der Waals surface area contributed by atoms with Gasteiger partial charge in [0.2, 0.25) is 11.8 Å². The second kappa shape index (κ2) is 7.40. The topological polar surface area (TPSA) is 127 Å². The van der Waals surface area contributed by atoms with Crippen LogP contribution in [-0.2, 0) is 9.59 Å². The van der Waals surface area contributed by atoms with E-state index >= 15 is 0 Å². The van der Waals surface area contributed by atoms with Gasteiger partial charge < -0.3 is 20.9 Å². The Labute approximate surface area is 170 Å². The Kier molecular flexibility index (Phi) is 4.89. The number of nitriles is 1. The Morgan fingerprint density at radius 3 is 2.77 bits per heavy atom. The lowest BCUT2D eigenvalue weighted by atomic mass is 9.96. The zero-order valence-electron chi connectivity index (χ0n) is 15.9. The van der Waals surface area contributed by atoms with Crippen LogP contribution in [-0.4, -0.2) is 40.8 Å². The summed E-state index contributed by atoms with van der Waals surface area (Å²) < 4.78 is 27.0. The van der Waals surface area contributed by atoms with Crippen LogP contribution in [0.3, 0.4) is 0 Å². The molecule has 1 aliphatic carbocycles. The van der Waals surface area contributed by atoms with Gasteiger partial charge in [0.1, 0.15) is 11.7 Å². The van der Waals surface area contributed by atoms with Crippen molar-refractivity contribution in [2.45, 2.75) is 37.3 Å². The predicted molar refractivity (Wildman–Crippen MR) is 101 cm³/mol. The maximum Gasteiger partial charge on any atom is 0.268 e. The molecule has 1 aliphatic heterocycles. The Bertz CT molecular complexity index is 1090. The van der Waals surface area contributed by atoms with Gasteiger partial charge in [-0.3, -0.25) is 14.4 Å². The SMILES string of the molecule is N#C[C@H](C[C@@H]1CC2(CC2)NC1=O)NC(=O)CNC(=O)c1cc2ccc(F)c(F)c2[nH]1. The standard InChI is InChI=1S/C20H19F2N5O3/c21-13-2-1-10-6-14(26-17(10)16(13)22)19(30)24-9-15(28)25-12(8-23)5-11-7-20(3-4-20)27-18(11)29/h1-2,6,11-12,26H,3-5,7,9H2,(H,24,30)(H,25,28)(H,27,29)/t11-,12+/m1/s1. The van der Waals surface area contributed by atoms with Crippen molar-refractivity contribution >= 4 is 28.6 Å². The van der Waals surface area contributed by atoms with Gasteiger partial charge in [0.15, 0.2) is 11.6 Å². The molecule has 2 aliphatic rings. The third kappa shape index (κ3) is 3.83. The number of rotatable bonds is 6. The average molecular weight is 415 g/mol. The number of hydrogen-bond acceptors (Lipinski definition) is 4. The van der Waals surface area contributed by atoms with Crippen molar-refractivity contribution in [3.8, 4) is 6.07 Å². The lowest BCUT2D eigenvalue weighted by Crippen LogP contribution is -2.42. The molecule has 2 fully saturated rings. The quantitative estimate of drug-likeness (QED) is 0.566. The van der Waals surface area contributed by atoms with Gasteiger partial charge in [-0.2, -0.15) is 5.26 Å². The summed E-state index contributed by atoms with van der Waals surface area (Å²) in [5.41, 5.74) is -0.282. The van der Waals surface area contributed by atoms with Gasteiger partial charge in [-0.25, -0.2) is 8.78 Å².